The van der Waals surface area contributed by atoms with Crippen molar-refractivity contribution in [2.45, 2.75) is 50.0 Å². The van der Waals surface area contributed by atoms with E-state index in [2.05, 4.69) is 5.32 Å². The van der Waals surface area contributed by atoms with E-state index in [0.717, 1.165) is 17.4 Å². The first-order chi connectivity index (χ1) is 11.8. The summed E-state index contributed by atoms with van der Waals surface area (Å²) in [6.07, 6.45) is 5.79. The Morgan fingerprint density at radius 3 is 2.40 bits per heavy atom. The van der Waals surface area contributed by atoms with Crippen molar-refractivity contribution in [2.75, 3.05) is 14.1 Å². The highest BCUT2D eigenvalue weighted by atomic mass is 32.2. The molecule has 25 heavy (non-hydrogen) atoms. The smallest absolute Gasteiger partial charge is 0.242 e. The minimum atomic E-state index is -3.42. The summed E-state index contributed by atoms with van der Waals surface area (Å²) in [7, 11) is -0.386. The number of nitrogens with zero attached hydrogens (tertiary/aromatic N) is 1. The lowest BCUT2D eigenvalue weighted by Crippen LogP contribution is -2.29. The molecule has 0 saturated heterocycles. The van der Waals surface area contributed by atoms with E-state index < -0.39 is 10.0 Å². The number of nitrogens with one attached hydrogen (secondary N) is 1. The standard InChI is InChI=1S/C19H28N2O3S/c1-13(15-6-8-18(9-7-15)25(23,24)21(2)3)20-19(22)12-17-11-14-4-5-16(17)10-14/h6-9,13-14,16-17H,4-5,10-12H2,1-3H3,(H,20,22). The number of hydrogen-bond acceptors (Lipinski definition) is 3. The van der Waals surface area contributed by atoms with Gasteiger partial charge in [-0.2, -0.15) is 0 Å². The molecule has 4 atom stereocenters. The van der Waals surface area contributed by atoms with Crippen LogP contribution >= 0.6 is 0 Å². The Kier molecular flexibility index (Phi) is 5.21. The summed E-state index contributed by atoms with van der Waals surface area (Å²) in [5, 5.41) is 3.06. The molecule has 3 rings (SSSR count). The largest absolute Gasteiger partial charge is 0.350 e. The number of hydrogen-bond donors (Lipinski definition) is 1. The summed E-state index contributed by atoms with van der Waals surface area (Å²) in [5.41, 5.74) is 0.916. The van der Waals surface area contributed by atoms with Crippen LogP contribution in [0.2, 0.25) is 0 Å². The molecule has 5 nitrogen and oxygen atoms in total. The zero-order valence-corrected chi connectivity index (χ0v) is 16.1. The Morgan fingerprint density at radius 2 is 1.88 bits per heavy atom. The topological polar surface area (TPSA) is 66.5 Å². The number of carbonyl (C=O) groups excluding carboxylic acids is 1. The molecule has 2 saturated carbocycles. The fraction of sp³-hybridized carbons (Fsp3) is 0.632. The minimum Gasteiger partial charge on any atom is -0.350 e. The first-order valence-corrected chi connectivity index (χ1v) is 10.5. The normalized spacial score (nSPS) is 26.8. The molecule has 2 fully saturated rings. The van der Waals surface area contributed by atoms with Gasteiger partial charge in [-0.15, -0.1) is 0 Å². The molecule has 1 amide bonds. The third-order valence-electron chi connectivity index (χ3n) is 5.87. The minimum absolute atomic E-state index is 0.107. The summed E-state index contributed by atoms with van der Waals surface area (Å²) < 4.78 is 25.4. The van der Waals surface area contributed by atoms with Crippen molar-refractivity contribution in [1.29, 1.82) is 0 Å². The maximum Gasteiger partial charge on any atom is 0.242 e. The summed E-state index contributed by atoms with van der Waals surface area (Å²) in [6.45, 7) is 1.94. The van der Waals surface area contributed by atoms with Crippen LogP contribution in [0.3, 0.4) is 0 Å². The summed E-state index contributed by atoms with van der Waals surface area (Å²) in [5.74, 6) is 2.27. The lowest BCUT2D eigenvalue weighted by Gasteiger charge is -2.22. The molecule has 2 bridgehead atoms. The third-order valence-corrected chi connectivity index (χ3v) is 7.70. The highest BCUT2D eigenvalue weighted by Crippen LogP contribution is 2.49. The highest BCUT2D eigenvalue weighted by Gasteiger charge is 2.40. The van der Waals surface area contributed by atoms with Gasteiger partial charge < -0.3 is 5.32 Å². The van der Waals surface area contributed by atoms with Crippen molar-refractivity contribution in [1.82, 2.24) is 9.62 Å². The Balaban J connectivity index is 1.57. The van der Waals surface area contributed by atoms with Crippen LogP contribution < -0.4 is 5.32 Å². The van der Waals surface area contributed by atoms with Crippen molar-refractivity contribution in [2.24, 2.45) is 17.8 Å². The number of fused-ring (bicyclic) bond motifs is 2. The van der Waals surface area contributed by atoms with Crippen LogP contribution in [0, 0.1) is 17.8 Å². The Morgan fingerprint density at radius 1 is 1.20 bits per heavy atom. The van der Waals surface area contributed by atoms with Crippen molar-refractivity contribution in [3.8, 4) is 0 Å². The second-order valence-corrected chi connectivity index (χ2v) is 9.94. The number of carbonyl (C=O) groups is 1. The second-order valence-electron chi connectivity index (χ2n) is 7.78. The van der Waals surface area contributed by atoms with E-state index in [-0.39, 0.29) is 16.8 Å². The molecular formula is C19H28N2O3S. The van der Waals surface area contributed by atoms with Gasteiger partial charge in [0.2, 0.25) is 15.9 Å². The average molecular weight is 365 g/mol. The van der Waals surface area contributed by atoms with Gasteiger partial charge in [-0.05, 0) is 61.6 Å². The van der Waals surface area contributed by atoms with E-state index >= 15 is 0 Å². The molecule has 4 unspecified atom stereocenters. The van der Waals surface area contributed by atoms with E-state index in [1.54, 1.807) is 24.3 Å². The molecule has 2 aliphatic carbocycles. The fourth-order valence-corrected chi connectivity index (χ4v) is 5.29. The molecule has 2 aliphatic rings. The van der Waals surface area contributed by atoms with Crippen molar-refractivity contribution in [3.63, 3.8) is 0 Å². The van der Waals surface area contributed by atoms with Crippen LogP contribution in [0.15, 0.2) is 29.2 Å². The van der Waals surface area contributed by atoms with Crippen LogP contribution in [-0.4, -0.2) is 32.7 Å². The van der Waals surface area contributed by atoms with Crippen LogP contribution in [-0.2, 0) is 14.8 Å². The molecule has 0 spiro atoms. The fourth-order valence-electron chi connectivity index (χ4n) is 4.39. The second kappa shape index (κ2) is 7.08. The first-order valence-electron chi connectivity index (χ1n) is 9.09. The monoisotopic (exact) mass is 364 g/mol. The van der Waals surface area contributed by atoms with Gasteiger partial charge in [-0.1, -0.05) is 18.6 Å². The van der Waals surface area contributed by atoms with E-state index in [4.69, 9.17) is 0 Å². The van der Waals surface area contributed by atoms with Gasteiger partial charge in [0.15, 0.2) is 0 Å². The lowest BCUT2D eigenvalue weighted by atomic mass is 9.86. The zero-order chi connectivity index (χ0) is 18.2. The SMILES string of the molecule is CC(NC(=O)CC1CC2CCC1C2)c1ccc(S(=O)(=O)N(C)C)cc1. The number of benzene rings is 1. The summed E-state index contributed by atoms with van der Waals surface area (Å²) in [4.78, 5) is 12.6. The summed E-state index contributed by atoms with van der Waals surface area (Å²) in [6, 6.07) is 6.63. The predicted molar refractivity (Wildman–Crippen MR) is 97.4 cm³/mol. The van der Waals surface area contributed by atoms with Crippen molar-refractivity contribution >= 4 is 15.9 Å². The summed E-state index contributed by atoms with van der Waals surface area (Å²) >= 11 is 0. The van der Waals surface area contributed by atoms with Gasteiger partial charge in [0.1, 0.15) is 0 Å². The molecule has 0 radical (unpaired) electrons. The Labute approximate surface area is 150 Å². The molecule has 0 aromatic heterocycles. The molecule has 1 aromatic carbocycles. The lowest BCUT2D eigenvalue weighted by molar-refractivity contribution is -0.123. The highest BCUT2D eigenvalue weighted by molar-refractivity contribution is 7.89. The van der Waals surface area contributed by atoms with Gasteiger partial charge in [0, 0.05) is 20.5 Å². The molecular weight excluding hydrogens is 336 g/mol. The zero-order valence-electron chi connectivity index (χ0n) is 15.2. The van der Waals surface area contributed by atoms with Crippen molar-refractivity contribution < 1.29 is 13.2 Å². The van der Waals surface area contributed by atoms with Gasteiger partial charge in [-0.25, -0.2) is 12.7 Å². The number of amides is 1. The maximum atomic E-state index is 12.4. The van der Waals surface area contributed by atoms with Gasteiger partial charge in [-0.3, -0.25) is 4.79 Å². The van der Waals surface area contributed by atoms with Crippen molar-refractivity contribution in [3.05, 3.63) is 29.8 Å². The van der Waals surface area contributed by atoms with Crippen LogP contribution in [0.5, 0.6) is 0 Å². The molecule has 1 aromatic rings. The van der Waals surface area contributed by atoms with Gasteiger partial charge in [0.05, 0.1) is 10.9 Å². The molecule has 1 N–H and O–H groups in total. The van der Waals surface area contributed by atoms with Crippen LogP contribution in [0.1, 0.15) is 50.6 Å². The Bertz CT molecular complexity index is 728. The van der Waals surface area contributed by atoms with Gasteiger partial charge >= 0.3 is 0 Å². The van der Waals surface area contributed by atoms with E-state index in [9.17, 15) is 13.2 Å². The molecule has 0 aliphatic heterocycles. The molecule has 6 heteroatoms. The molecule has 0 heterocycles. The predicted octanol–water partition coefficient (Wildman–Crippen LogP) is 2.94. The average Bonchev–Trinajstić information content (AvgIpc) is 3.17. The first kappa shape index (κ1) is 18.4. The van der Waals surface area contributed by atoms with Crippen LogP contribution in [0.25, 0.3) is 0 Å². The van der Waals surface area contributed by atoms with Crippen LogP contribution in [0.4, 0.5) is 0 Å². The van der Waals surface area contributed by atoms with E-state index in [0.29, 0.717) is 12.3 Å². The third kappa shape index (κ3) is 3.90. The van der Waals surface area contributed by atoms with E-state index in [1.807, 2.05) is 6.92 Å². The number of sulfonamides is 1. The Hall–Kier alpha value is -1.40. The number of rotatable bonds is 6. The van der Waals surface area contributed by atoms with E-state index in [1.165, 1.54) is 44.1 Å². The van der Waals surface area contributed by atoms with Gasteiger partial charge in [0.25, 0.3) is 0 Å². The quantitative estimate of drug-likeness (QED) is 0.844. The molecule has 138 valence electrons. The maximum absolute atomic E-state index is 12.4.